The fourth-order valence-corrected chi connectivity index (χ4v) is 3.32. The number of ether oxygens (including phenoxy) is 1. The summed E-state index contributed by atoms with van der Waals surface area (Å²) in [6.07, 6.45) is 0. The van der Waals surface area contributed by atoms with E-state index in [0.717, 1.165) is 17.4 Å². The van der Waals surface area contributed by atoms with Gasteiger partial charge in [0.1, 0.15) is 9.90 Å². The van der Waals surface area contributed by atoms with Crippen molar-refractivity contribution in [3.8, 4) is 0 Å². The van der Waals surface area contributed by atoms with Gasteiger partial charge < -0.3 is 15.4 Å². The molecule has 2 rings (SSSR count). The van der Waals surface area contributed by atoms with Crippen molar-refractivity contribution in [3.05, 3.63) is 49.8 Å². The summed E-state index contributed by atoms with van der Waals surface area (Å²) >= 11 is 6.77. The van der Waals surface area contributed by atoms with Crippen LogP contribution in [-0.4, -0.2) is 29.3 Å². The van der Waals surface area contributed by atoms with Crippen molar-refractivity contribution in [1.82, 2.24) is 0 Å². The number of thiophene rings is 1. The number of nitro groups is 1. The highest BCUT2D eigenvalue weighted by molar-refractivity contribution is 7.18. The van der Waals surface area contributed by atoms with E-state index in [2.05, 4.69) is 10.6 Å². The molecule has 0 aliphatic heterocycles. The molecule has 2 aromatic rings. The summed E-state index contributed by atoms with van der Waals surface area (Å²) in [5.74, 6) is -1.58. The molecule has 0 atom stereocenters. The molecule has 0 unspecified atom stereocenters. The molecular weight excluding hydrogens is 434 g/mol. The Morgan fingerprint density at radius 1 is 1.20 bits per heavy atom. The second-order valence-corrected chi connectivity index (χ2v) is 8.83. The van der Waals surface area contributed by atoms with Crippen LogP contribution in [0.1, 0.15) is 36.0 Å². The van der Waals surface area contributed by atoms with Crippen molar-refractivity contribution >= 4 is 57.1 Å². The summed E-state index contributed by atoms with van der Waals surface area (Å²) in [5.41, 5.74) is -0.201. The van der Waals surface area contributed by atoms with Gasteiger partial charge in [0.05, 0.1) is 9.92 Å². The standard InChI is InChI=1S/C19H20ClN3O6S/c1-10-7-15(22-18(26)19(2,3)4)30-16(10)17(25)29-9-14(24)21-11-5-6-12(20)13(8-11)23(27)28/h5-8H,9H2,1-4H3,(H,21,24)(H,22,26). The van der Waals surface area contributed by atoms with E-state index < -0.39 is 28.8 Å². The summed E-state index contributed by atoms with van der Waals surface area (Å²) in [6.45, 7) is 6.41. The average Bonchev–Trinajstić information content (AvgIpc) is 3.00. The summed E-state index contributed by atoms with van der Waals surface area (Å²) < 4.78 is 5.02. The molecule has 0 fully saturated rings. The molecular formula is C19H20ClN3O6S. The number of carbonyl (C=O) groups is 3. The van der Waals surface area contributed by atoms with Gasteiger partial charge in [-0.05, 0) is 30.7 Å². The van der Waals surface area contributed by atoms with Crippen LogP contribution >= 0.6 is 22.9 Å². The predicted octanol–water partition coefficient (Wildman–Crippen LogP) is 4.40. The van der Waals surface area contributed by atoms with Gasteiger partial charge >= 0.3 is 5.97 Å². The van der Waals surface area contributed by atoms with Gasteiger partial charge in [0, 0.05) is 17.2 Å². The Bertz CT molecular complexity index is 1010. The Hall–Kier alpha value is -2.98. The molecule has 0 spiro atoms. The molecule has 2 amide bonds. The number of anilines is 2. The number of aryl methyl sites for hydroxylation is 1. The van der Waals surface area contributed by atoms with E-state index in [1.807, 2.05) is 0 Å². The third-order valence-corrected chi connectivity index (χ3v) is 5.23. The zero-order valence-corrected chi connectivity index (χ0v) is 18.3. The van der Waals surface area contributed by atoms with Gasteiger partial charge in [-0.2, -0.15) is 0 Å². The summed E-state index contributed by atoms with van der Waals surface area (Å²) in [4.78, 5) is 46.9. The lowest BCUT2D eigenvalue weighted by Gasteiger charge is -2.16. The molecule has 30 heavy (non-hydrogen) atoms. The largest absolute Gasteiger partial charge is 0.451 e. The van der Waals surface area contributed by atoms with Crippen molar-refractivity contribution < 1.29 is 24.0 Å². The maximum Gasteiger partial charge on any atom is 0.349 e. The van der Waals surface area contributed by atoms with E-state index in [1.54, 1.807) is 33.8 Å². The number of hydrogen-bond acceptors (Lipinski definition) is 7. The smallest absolute Gasteiger partial charge is 0.349 e. The first-order valence-electron chi connectivity index (χ1n) is 8.71. The zero-order chi connectivity index (χ0) is 22.6. The summed E-state index contributed by atoms with van der Waals surface area (Å²) in [5, 5.41) is 16.5. The molecule has 11 heteroatoms. The first-order valence-corrected chi connectivity index (χ1v) is 9.90. The third kappa shape index (κ3) is 6.01. The molecule has 0 saturated carbocycles. The number of rotatable bonds is 6. The molecule has 2 N–H and O–H groups in total. The van der Waals surface area contributed by atoms with Crippen molar-refractivity contribution in [2.75, 3.05) is 17.2 Å². The SMILES string of the molecule is Cc1cc(NC(=O)C(C)(C)C)sc1C(=O)OCC(=O)Nc1ccc(Cl)c([N+](=O)[O-])c1. The molecule has 0 aliphatic carbocycles. The number of amides is 2. The number of nitrogens with one attached hydrogen (secondary N) is 2. The van der Waals surface area contributed by atoms with Crippen LogP contribution in [0.2, 0.25) is 5.02 Å². The number of benzene rings is 1. The Morgan fingerprint density at radius 3 is 2.47 bits per heavy atom. The minimum absolute atomic E-state index is 0.0630. The molecule has 0 aliphatic rings. The lowest BCUT2D eigenvalue weighted by atomic mass is 9.96. The van der Waals surface area contributed by atoms with Crippen LogP contribution in [0.4, 0.5) is 16.4 Å². The van der Waals surface area contributed by atoms with Gasteiger partial charge in [0.25, 0.3) is 11.6 Å². The minimum atomic E-state index is -0.717. The van der Waals surface area contributed by atoms with Crippen molar-refractivity contribution in [2.24, 2.45) is 5.41 Å². The monoisotopic (exact) mass is 453 g/mol. The normalized spacial score (nSPS) is 11.0. The second-order valence-electron chi connectivity index (χ2n) is 7.37. The van der Waals surface area contributed by atoms with Crippen molar-refractivity contribution in [1.29, 1.82) is 0 Å². The van der Waals surface area contributed by atoms with Crippen LogP contribution in [0, 0.1) is 22.5 Å². The summed E-state index contributed by atoms with van der Waals surface area (Å²) in [6, 6.07) is 5.43. The third-order valence-electron chi connectivity index (χ3n) is 3.78. The quantitative estimate of drug-likeness (QED) is 0.379. The van der Waals surface area contributed by atoms with Gasteiger partial charge in [-0.1, -0.05) is 32.4 Å². The first-order chi connectivity index (χ1) is 13.9. The average molecular weight is 454 g/mol. The maximum atomic E-state index is 12.3. The second kappa shape index (κ2) is 9.23. The number of carbonyl (C=O) groups excluding carboxylic acids is 3. The molecule has 0 bridgehead atoms. The topological polar surface area (TPSA) is 128 Å². The molecule has 1 aromatic carbocycles. The number of nitro benzene ring substituents is 1. The Balaban J connectivity index is 1.97. The molecule has 1 aromatic heterocycles. The minimum Gasteiger partial charge on any atom is -0.451 e. The number of nitrogens with zero attached hydrogens (tertiary/aromatic N) is 1. The highest BCUT2D eigenvalue weighted by Gasteiger charge is 2.23. The van der Waals surface area contributed by atoms with Crippen LogP contribution in [0.25, 0.3) is 0 Å². The Morgan fingerprint density at radius 2 is 1.87 bits per heavy atom. The fraction of sp³-hybridized carbons (Fsp3) is 0.316. The van der Waals surface area contributed by atoms with E-state index in [-0.39, 0.29) is 27.2 Å². The molecule has 160 valence electrons. The fourth-order valence-electron chi connectivity index (χ4n) is 2.17. The van der Waals surface area contributed by atoms with Crippen LogP contribution < -0.4 is 10.6 Å². The number of esters is 1. The van der Waals surface area contributed by atoms with Crippen LogP contribution in [0.3, 0.4) is 0 Å². The van der Waals surface area contributed by atoms with Crippen LogP contribution in [-0.2, 0) is 14.3 Å². The van der Waals surface area contributed by atoms with Crippen molar-refractivity contribution in [2.45, 2.75) is 27.7 Å². The Kier molecular flexibility index (Phi) is 7.16. The van der Waals surface area contributed by atoms with Gasteiger partial charge in [-0.25, -0.2) is 4.79 Å². The highest BCUT2D eigenvalue weighted by atomic mass is 35.5. The van der Waals surface area contributed by atoms with E-state index in [9.17, 15) is 24.5 Å². The van der Waals surface area contributed by atoms with Gasteiger partial charge in [0.2, 0.25) is 5.91 Å². The lowest BCUT2D eigenvalue weighted by molar-refractivity contribution is -0.384. The molecule has 0 radical (unpaired) electrons. The zero-order valence-electron chi connectivity index (χ0n) is 16.7. The Labute approximate surface area is 181 Å². The molecule has 9 nitrogen and oxygen atoms in total. The van der Waals surface area contributed by atoms with E-state index >= 15 is 0 Å². The molecule has 0 saturated heterocycles. The lowest BCUT2D eigenvalue weighted by Crippen LogP contribution is -2.27. The van der Waals surface area contributed by atoms with Crippen molar-refractivity contribution in [3.63, 3.8) is 0 Å². The number of halogens is 1. The highest BCUT2D eigenvalue weighted by Crippen LogP contribution is 2.29. The van der Waals surface area contributed by atoms with E-state index in [4.69, 9.17) is 16.3 Å². The van der Waals surface area contributed by atoms with E-state index in [0.29, 0.717) is 10.6 Å². The molecule has 1 heterocycles. The van der Waals surface area contributed by atoms with Gasteiger partial charge in [-0.15, -0.1) is 11.3 Å². The van der Waals surface area contributed by atoms with Gasteiger partial charge in [-0.3, -0.25) is 19.7 Å². The van der Waals surface area contributed by atoms with Crippen LogP contribution in [0.5, 0.6) is 0 Å². The maximum absolute atomic E-state index is 12.3. The summed E-state index contributed by atoms with van der Waals surface area (Å²) in [7, 11) is 0. The number of hydrogen-bond donors (Lipinski definition) is 2. The van der Waals surface area contributed by atoms with Crippen LogP contribution in [0.15, 0.2) is 24.3 Å². The van der Waals surface area contributed by atoms with Gasteiger partial charge in [0.15, 0.2) is 6.61 Å². The van der Waals surface area contributed by atoms with E-state index in [1.165, 1.54) is 12.1 Å². The first kappa shape index (κ1) is 23.3. The predicted molar refractivity (Wildman–Crippen MR) is 114 cm³/mol.